The summed E-state index contributed by atoms with van der Waals surface area (Å²) < 4.78 is 21.5. The number of carbonyl (C=O) groups excluding carboxylic acids is 1. The van der Waals surface area contributed by atoms with Crippen molar-refractivity contribution in [1.29, 1.82) is 0 Å². The lowest BCUT2D eigenvalue weighted by molar-refractivity contribution is -0.170. The molecular formula is C6H8NO4S. The fourth-order valence-corrected chi connectivity index (χ4v) is 2.65. The zero-order chi connectivity index (χ0) is 8.77. The standard InChI is InChI=1S/C6H8NO4S/c8-6-1-2-11-7(6)5-3-12(9,10)4-5/h1,5H,2-4H2. The molecule has 2 fully saturated rings. The Balaban J connectivity index is 2.00. The van der Waals surface area contributed by atoms with Crippen LogP contribution >= 0.6 is 0 Å². The molecule has 2 heterocycles. The van der Waals surface area contributed by atoms with Crippen molar-refractivity contribution in [2.45, 2.75) is 6.04 Å². The first kappa shape index (κ1) is 8.00. The highest BCUT2D eigenvalue weighted by Crippen LogP contribution is 2.21. The topological polar surface area (TPSA) is 63.7 Å². The molecule has 0 aromatic carbocycles. The van der Waals surface area contributed by atoms with Gasteiger partial charge in [0.25, 0.3) is 5.91 Å². The summed E-state index contributed by atoms with van der Waals surface area (Å²) in [5.41, 5.74) is 0. The van der Waals surface area contributed by atoms with E-state index in [-0.39, 0.29) is 30.1 Å². The van der Waals surface area contributed by atoms with Crippen LogP contribution in [0.1, 0.15) is 0 Å². The molecular weight excluding hydrogens is 182 g/mol. The highest BCUT2D eigenvalue weighted by atomic mass is 32.2. The summed E-state index contributed by atoms with van der Waals surface area (Å²) in [4.78, 5) is 15.9. The van der Waals surface area contributed by atoms with Crippen LogP contribution in [0.4, 0.5) is 0 Å². The number of hydroxylamine groups is 2. The van der Waals surface area contributed by atoms with Gasteiger partial charge < -0.3 is 0 Å². The van der Waals surface area contributed by atoms with E-state index in [4.69, 9.17) is 4.84 Å². The molecule has 6 heteroatoms. The van der Waals surface area contributed by atoms with Crippen molar-refractivity contribution in [3.05, 3.63) is 6.42 Å². The van der Waals surface area contributed by atoms with Gasteiger partial charge in [0.1, 0.15) is 0 Å². The third kappa shape index (κ3) is 1.21. The van der Waals surface area contributed by atoms with Gasteiger partial charge in [-0.3, -0.25) is 9.63 Å². The number of carbonyl (C=O) groups is 1. The van der Waals surface area contributed by atoms with Gasteiger partial charge in [0.2, 0.25) is 0 Å². The second kappa shape index (κ2) is 2.43. The summed E-state index contributed by atoms with van der Waals surface area (Å²) in [6.45, 7) is 0.259. The van der Waals surface area contributed by atoms with Crippen LogP contribution in [-0.2, 0) is 19.5 Å². The number of hydrogen-bond donors (Lipinski definition) is 0. The van der Waals surface area contributed by atoms with Crippen molar-refractivity contribution in [3.63, 3.8) is 0 Å². The van der Waals surface area contributed by atoms with Crippen LogP contribution in [0.2, 0.25) is 0 Å². The zero-order valence-corrected chi connectivity index (χ0v) is 7.08. The van der Waals surface area contributed by atoms with Gasteiger partial charge in [0.05, 0.1) is 30.6 Å². The van der Waals surface area contributed by atoms with E-state index < -0.39 is 9.84 Å². The van der Waals surface area contributed by atoms with Crippen LogP contribution < -0.4 is 0 Å². The monoisotopic (exact) mass is 190 g/mol. The first-order valence-corrected chi connectivity index (χ1v) is 5.40. The van der Waals surface area contributed by atoms with E-state index in [2.05, 4.69) is 0 Å². The van der Waals surface area contributed by atoms with Crippen LogP contribution in [0.5, 0.6) is 0 Å². The van der Waals surface area contributed by atoms with E-state index in [0.29, 0.717) is 0 Å². The first-order chi connectivity index (χ1) is 5.58. The average molecular weight is 190 g/mol. The minimum absolute atomic E-state index is 0.0343. The van der Waals surface area contributed by atoms with Crippen molar-refractivity contribution < 1.29 is 18.0 Å². The fourth-order valence-electron chi connectivity index (χ4n) is 1.30. The number of sulfone groups is 1. The highest BCUT2D eigenvalue weighted by Gasteiger charge is 2.42. The number of rotatable bonds is 1. The lowest BCUT2D eigenvalue weighted by Gasteiger charge is -2.32. The molecule has 12 heavy (non-hydrogen) atoms. The predicted octanol–water partition coefficient (Wildman–Crippen LogP) is -1.24. The molecule has 0 aliphatic carbocycles. The number of nitrogens with zero attached hydrogens (tertiary/aromatic N) is 1. The molecule has 0 bridgehead atoms. The van der Waals surface area contributed by atoms with Gasteiger partial charge in [-0.2, -0.15) is 0 Å². The molecule has 1 radical (unpaired) electrons. The first-order valence-electron chi connectivity index (χ1n) is 3.58. The Bertz CT molecular complexity index is 298. The molecule has 2 aliphatic rings. The Labute approximate surface area is 70.2 Å². The van der Waals surface area contributed by atoms with Crippen molar-refractivity contribution in [2.24, 2.45) is 0 Å². The molecule has 0 N–H and O–H groups in total. The molecule has 67 valence electrons. The Morgan fingerprint density at radius 1 is 1.50 bits per heavy atom. The van der Waals surface area contributed by atoms with Gasteiger partial charge in [0, 0.05) is 0 Å². The molecule has 2 saturated heterocycles. The average Bonchev–Trinajstić information content (AvgIpc) is 2.30. The lowest BCUT2D eigenvalue weighted by Crippen LogP contribution is -2.53. The van der Waals surface area contributed by atoms with Crippen LogP contribution in [-0.4, -0.2) is 43.5 Å². The molecule has 0 spiro atoms. The molecule has 0 saturated carbocycles. The minimum atomic E-state index is -2.88. The smallest absolute Gasteiger partial charge is 0.252 e. The molecule has 2 aliphatic heterocycles. The molecule has 5 nitrogen and oxygen atoms in total. The fraction of sp³-hybridized carbons (Fsp3) is 0.667. The quantitative estimate of drug-likeness (QED) is 0.519. The van der Waals surface area contributed by atoms with Crippen molar-refractivity contribution in [3.8, 4) is 0 Å². The highest BCUT2D eigenvalue weighted by molar-refractivity contribution is 7.92. The largest absolute Gasteiger partial charge is 0.272 e. The molecule has 0 aromatic rings. The maximum Gasteiger partial charge on any atom is 0.252 e. The predicted molar refractivity (Wildman–Crippen MR) is 39.5 cm³/mol. The maximum atomic E-state index is 11.0. The second-order valence-corrected chi connectivity index (χ2v) is 5.05. The van der Waals surface area contributed by atoms with Crippen molar-refractivity contribution in [2.75, 3.05) is 18.1 Å². The van der Waals surface area contributed by atoms with Gasteiger partial charge in [-0.25, -0.2) is 13.5 Å². The summed E-state index contributed by atoms with van der Waals surface area (Å²) in [6.07, 6.45) is 1.39. The SMILES string of the molecule is O=C1[CH]CON1C1CS(=O)(=O)C1. The maximum absolute atomic E-state index is 11.0. The molecule has 0 aromatic heterocycles. The van der Waals surface area contributed by atoms with E-state index >= 15 is 0 Å². The van der Waals surface area contributed by atoms with Gasteiger partial charge in [-0.15, -0.1) is 0 Å². The van der Waals surface area contributed by atoms with Crippen LogP contribution in [0.15, 0.2) is 0 Å². The lowest BCUT2D eigenvalue weighted by atomic mass is 10.3. The van der Waals surface area contributed by atoms with E-state index in [1.165, 1.54) is 6.42 Å². The summed E-state index contributed by atoms with van der Waals surface area (Å²) in [5, 5.41) is 1.15. The molecule has 0 atom stereocenters. The summed E-state index contributed by atoms with van der Waals surface area (Å²) in [5.74, 6) is -0.158. The van der Waals surface area contributed by atoms with Crippen LogP contribution in [0, 0.1) is 6.42 Å². The number of hydrogen-bond acceptors (Lipinski definition) is 4. The van der Waals surface area contributed by atoms with Crippen molar-refractivity contribution >= 4 is 15.7 Å². The Kier molecular flexibility index (Phi) is 1.62. The second-order valence-electron chi connectivity index (χ2n) is 2.89. The Morgan fingerprint density at radius 2 is 2.17 bits per heavy atom. The molecule has 0 unspecified atom stereocenters. The van der Waals surface area contributed by atoms with Gasteiger partial charge in [-0.05, 0) is 0 Å². The Hall–Kier alpha value is -0.620. The van der Waals surface area contributed by atoms with Gasteiger partial charge in [-0.1, -0.05) is 0 Å². The van der Waals surface area contributed by atoms with Crippen LogP contribution in [0.25, 0.3) is 0 Å². The Morgan fingerprint density at radius 3 is 2.58 bits per heavy atom. The third-order valence-corrected chi connectivity index (χ3v) is 3.70. The third-order valence-electron chi connectivity index (χ3n) is 1.91. The summed E-state index contributed by atoms with van der Waals surface area (Å²) >= 11 is 0. The van der Waals surface area contributed by atoms with Gasteiger partial charge in [0.15, 0.2) is 9.84 Å². The van der Waals surface area contributed by atoms with Crippen LogP contribution in [0.3, 0.4) is 0 Å². The molecule has 1 amide bonds. The zero-order valence-electron chi connectivity index (χ0n) is 6.26. The van der Waals surface area contributed by atoms with E-state index in [1.54, 1.807) is 0 Å². The van der Waals surface area contributed by atoms with E-state index in [0.717, 1.165) is 5.06 Å². The van der Waals surface area contributed by atoms with E-state index in [1.807, 2.05) is 0 Å². The normalized spacial score (nSPS) is 29.0. The molecule has 2 rings (SSSR count). The summed E-state index contributed by atoms with van der Waals surface area (Å²) in [7, 11) is -2.88. The van der Waals surface area contributed by atoms with Crippen molar-refractivity contribution in [1.82, 2.24) is 5.06 Å². The number of amides is 1. The van der Waals surface area contributed by atoms with E-state index in [9.17, 15) is 13.2 Å². The minimum Gasteiger partial charge on any atom is -0.272 e. The van der Waals surface area contributed by atoms with Gasteiger partial charge >= 0.3 is 0 Å². The summed E-state index contributed by atoms with van der Waals surface area (Å²) in [6, 6.07) is -0.263.